The third kappa shape index (κ3) is 5.21. The standard InChI is InChI=1S/C16H28N2O/c1-4-6-11-18(13(3)5-2)12-16(19)14-7-9-15(17)10-8-14/h7-10,13,16,19H,4-6,11-12,17H2,1-3H3. The third-order valence-corrected chi connectivity index (χ3v) is 3.74. The lowest BCUT2D eigenvalue weighted by molar-refractivity contribution is 0.0887. The normalized spacial score (nSPS) is 14.6. The lowest BCUT2D eigenvalue weighted by atomic mass is 10.1. The molecule has 0 bridgehead atoms. The van der Waals surface area contributed by atoms with Crippen LogP contribution in [0, 0.1) is 0 Å². The van der Waals surface area contributed by atoms with E-state index in [4.69, 9.17) is 5.73 Å². The van der Waals surface area contributed by atoms with Gasteiger partial charge in [-0.15, -0.1) is 0 Å². The summed E-state index contributed by atoms with van der Waals surface area (Å²) in [5, 5.41) is 10.3. The van der Waals surface area contributed by atoms with Crippen molar-refractivity contribution in [2.24, 2.45) is 0 Å². The minimum atomic E-state index is -0.438. The first kappa shape index (κ1) is 16.0. The summed E-state index contributed by atoms with van der Waals surface area (Å²) in [6, 6.07) is 8.02. The number of hydrogen-bond donors (Lipinski definition) is 2. The molecule has 19 heavy (non-hydrogen) atoms. The Balaban J connectivity index is 2.63. The summed E-state index contributed by atoms with van der Waals surface area (Å²) in [7, 11) is 0. The quantitative estimate of drug-likeness (QED) is 0.709. The Hall–Kier alpha value is -1.06. The first-order chi connectivity index (χ1) is 9.08. The lowest BCUT2D eigenvalue weighted by Crippen LogP contribution is -2.36. The van der Waals surface area contributed by atoms with Gasteiger partial charge in [0.2, 0.25) is 0 Å². The maximum atomic E-state index is 10.3. The van der Waals surface area contributed by atoms with Gasteiger partial charge in [-0.05, 0) is 44.0 Å². The maximum Gasteiger partial charge on any atom is 0.0917 e. The van der Waals surface area contributed by atoms with E-state index in [1.807, 2.05) is 24.3 Å². The van der Waals surface area contributed by atoms with E-state index < -0.39 is 6.10 Å². The molecule has 3 heteroatoms. The highest BCUT2D eigenvalue weighted by molar-refractivity contribution is 5.39. The summed E-state index contributed by atoms with van der Waals surface area (Å²) >= 11 is 0. The topological polar surface area (TPSA) is 49.5 Å². The highest BCUT2D eigenvalue weighted by Gasteiger charge is 2.17. The van der Waals surface area contributed by atoms with Gasteiger partial charge in [-0.25, -0.2) is 0 Å². The van der Waals surface area contributed by atoms with Crippen molar-refractivity contribution in [3.63, 3.8) is 0 Å². The van der Waals surface area contributed by atoms with E-state index in [0.717, 1.165) is 24.2 Å². The molecule has 0 aliphatic carbocycles. The van der Waals surface area contributed by atoms with Crippen LogP contribution in [0.1, 0.15) is 51.7 Å². The molecule has 108 valence electrons. The van der Waals surface area contributed by atoms with Gasteiger partial charge in [-0.2, -0.15) is 0 Å². The van der Waals surface area contributed by atoms with Crippen LogP contribution in [0.2, 0.25) is 0 Å². The summed E-state index contributed by atoms with van der Waals surface area (Å²) < 4.78 is 0. The van der Waals surface area contributed by atoms with Crippen molar-refractivity contribution in [3.8, 4) is 0 Å². The number of nitrogen functional groups attached to an aromatic ring is 1. The molecule has 0 radical (unpaired) electrons. The Morgan fingerprint density at radius 2 is 1.84 bits per heavy atom. The zero-order valence-electron chi connectivity index (χ0n) is 12.5. The molecule has 0 amide bonds. The van der Waals surface area contributed by atoms with Crippen molar-refractivity contribution >= 4 is 5.69 Å². The minimum absolute atomic E-state index is 0.438. The number of rotatable bonds is 8. The van der Waals surface area contributed by atoms with E-state index in [9.17, 15) is 5.11 Å². The van der Waals surface area contributed by atoms with Crippen LogP contribution in [-0.4, -0.2) is 29.1 Å². The van der Waals surface area contributed by atoms with Crippen LogP contribution in [0.4, 0.5) is 5.69 Å². The van der Waals surface area contributed by atoms with Gasteiger partial charge in [0.15, 0.2) is 0 Å². The molecule has 0 fully saturated rings. The lowest BCUT2D eigenvalue weighted by Gasteiger charge is -2.30. The fourth-order valence-corrected chi connectivity index (χ4v) is 2.16. The highest BCUT2D eigenvalue weighted by Crippen LogP contribution is 2.18. The molecule has 1 rings (SSSR count). The second kappa shape index (κ2) is 8.18. The molecule has 0 spiro atoms. The molecule has 1 aromatic carbocycles. The summed E-state index contributed by atoms with van der Waals surface area (Å²) in [5.41, 5.74) is 7.35. The molecule has 3 N–H and O–H groups in total. The van der Waals surface area contributed by atoms with Crippen LogP contribution in [0.15, 0.2) is 24.3 Å². The molecule has 3 nitrogen and oxygen atoms in total. The van der Waals surface area contributed by atoms with Gasteiger partial charge < -0.3 is 10.8 Å². The number of nitrogens with zero attached hydrogens (tertiary/aromatic N) is 1. The number of unbranched alkanes of at least 4 members (excludes halogenated alkanes) is 1. The van der Waals surface area contributed by atoms with Gasteiger partial charge >= 0.3 is 0 Å². The van der Waals surface area contributed by atoms with E-state index in [0.29, 0.717) is 12.6 Å². The van der Waals surface area contributed by atoms with Crippen molar-refractivity contribution in [3.05, 3.63) is 29.8 Å². The summed E-state index contributed by atoms with van der Waals surface area (Å²) in [5.74, 6) is 0. The zero-order chi connectivity index (χ0) is 14.3. The van der Waals surface area contributed by atoms with Gasteiger partial charge in [0.25, 0.3) is 0 Å². The van der Waals surface area contributed by atoms with E-state index in [1.54, 1.807) is 0 Å². The van der Waals surface area contributed by atoms with Crippen molar-refractivity contribution < 1.29 is 5.11 Å². The van der Waals surface area contributed by atoms with Crippen LogP contribution in [0.25, 0.3) is 0 Å². The second-order valence-corrected chi connectivity index (χ2v) is 5.29. The van der Waals surface area contributed by atoms with Crippen LogP contribution < -0.4 is 5.73 Å². The summed E-state index contributed by atoms with van der Waals surface area (Å²) in [4.78, 5) is 2.38. The van der Waals surface area contributed by atoms with E-state index >= 15 is 0 Å². The number of hydrogen-bond acceptors (Lipinski definition) is 3. The fourth-order valence-electron chi connectivity index (χ4n) is 2.16. The molecule has 0 aromatic heterocycles. The number of anilines is 1. The first-order valence-corrected chi connectivity index (χ1v) is 7.36. The molecular weight excluding hydrogens is 236 g/mol. The van der Waals surface area contributed by atoms with Crippen LogP contribution in [-0.2, 0) is 0 Å². The largest absolute Gasteiger partial charge is 0.399 e. The number of benzene rings is 1. The molecule has 2 atom stereocenters. The molecule has 0 heterocycles. The van der Waals surface area contributed by atoms with Crippen molar-refractivity contribution in [2.75, 3.05) is 18.8 Å². The van der Waals surface area contributed by atoms with Gasteiger partial charge in [0.05, 0.1) is 6.10 Å². The van der Waals surface area contributed by atoms with Gasteiger partial charge in [-0.1, -0.05) is 32.4 Å². The molecule has 0 saturated carbocycles. The number of aliphatic hydroxyl groups excluding tert-OH is 1. The summed E-state index contributed by atoms with van der Waals surface area (Å²) in [6.45, 7) is 8.37. The molecular formula is C16H28N2O. The molecule has 1 aromatic rings. The Kier molecular flexibility index (Phi) is 6.89. The molecule has 0 aliphatic rings. The van der Waals surface area contributed by atoms with Crippen LogP contribution in [0.5, 0.6) is 0 Å². The van der Waals surface area contributed by atoms with Crippen molar-refractivity contribution in [1.82, 2.24) is 4.90 Å². The Morgan fingerprint density at radius 3 is 2.37 bits per heavy atom. The number of nitrogens with two attached hydrogens (primary N) is 1. The third-order valence-electron chi connectivity index (χ3n) is 3.74. The number of aliphatic hydroxyl groups is 1. The molecule has 0 aliphatic heterocycles. The average molecular weight is 264 g/mol. The smallest absolute Gasteiger partial charge is 0.0917 e. The van der Waals surface area contributed by atoms with E-state index in [1.165, 1.54) is 12.8 Å². The predicted molar refractivity (Wildman–Crippen MR) is 82.0 cm³/mol. The van der Waals surface area contributed by atoms with Gasteiger partial charge in [0, 0.05) is 18.3 Å². The predicted octanol–water partition coefficient (Wildman–Crippen LogP) is 3.20. The van der Waals surface area contributed by atoms with Crippen molar-refractivity contribution in [2.45, 2.75) is 52.2 Å². The van der Waals surface area contributed by atoms with Gasteiger partial charge in [0.1, 0.15) is 0 Å². The SMILES string of the molecule is CCCCN(CC(O)c1ccc(N)cc1)C(C)CC. The van der Waals surface area contributed by atoms with Gasteiger partial charge in [-0.3, -0.25) is 4.90 Å². The van der Waals surface area contributed by atoms with E-state index in [-0.39, 0.29) is 0 Å². The Labute approximate surface area is 117 Å². The highest BCUT2D eigenvalue weighted by atomic mass is 16.3. The Morgan fingerprint density at radius 1 is 1.21 bits per heavy atom. The first-order valence-electron chi connectivity index (χ1n) is 7.36. The summed E-state index contributed by atoms with van der Waals surface area (Å²) in [6.07, 6.45) is 3.04. The van der Waals surface area contributed by atoms with Crippen LogP contribution >= 0.6 is 0 Å². The second-order valence-electron chi connectivity index (χ2n) is 5.29. The average Bonchev–Trinajstić information content (AvgIpc) is 2.43. The Bertz CT molecular complexity index is 350. The fraction of sp³-hybridized carbons (Fsp3) is 0.625. The zero-order valence-corrected chi connectivity index (χ0v) is 12.5. The van der Waals surface area contributed by atoms with Crippen LogP contribution in [0.3, 0.4) is 0 Å². The monoisotopic (exact) mass is 264 g/mol. The minimum Gasteiger partial charge on any atom is -0.399 e. The van der Waals surface area contributed by atoms with Crippen molar-refractivity contribution in [1.29, 1.82) is 0 Å². The van der Waals surface area contributed by atoms with E-state index in [2.05, 4.69) is 25.7 Å². The molecule has 0 saturated heterocycles. The maximum absolute atomic E-state index is 10.3. The molecule has 2 unspecified atom stereocenters.